The van der Waals surface area contributed by atoms with E-state index in [0.717, 1.165) is 17.8 Å². The maximum absolute atomic E-state index is 12.3. The van der Waals surface area contributed by atoms with Crippen LogP contribution in [-0.4, -0.2) is 32.9 Å². The molecule has 1 amide bonds. The monoisotopic (exact) mass is 335 g/mol. The number of aromatic amines is 1. The Hall–Kier alpha value is -1.24. The molecule has 4 aliphatic rings. The molecule has 0 aliphatic heterocycles. The van der Waals surface area contributed by atoms with Gasteiger partial charge in [-0.2, -0.15) is 4.98 Å². The van der Waals surface area contributed by atoms with E-state index in [2.05, 4.69) is 27.4 Å². The minimum Gasteiger partial charge on any atom is -0.368 e. The summed E-state index contributed by atoms with van der Waals surface area (Å²) < 4.78 is 0. The molecule has 6 nitrogen and oxygen atoms in total. The minimum atomic E-state index is 0.0709. The largest absolute Gasteiger partial charge is 0.368 e. The number of thioether (sulfide) groups is 1. The lowest BCUT2D eigenvalue weighted by Gasteiger charge is -2.59. The molecule has 1 unspecified atom stereocenters. The number of anilines is 1. The molecule has 1 aromatic heterocycles. The zero-order valence-corrected chi connectivity index (χ0v) is 14.4. The second-order valence-electron chi connectivity index (χ2n) is 7.86. The van der Waals surface area contributed by atoms with Crippen molar-refractivity contribution in [3.8, 4) is 0 Å². The number of nitrogens with zero attached hydrogens (tertiary/aromatic N) is 2. The van der Waals surface area contributed by atoms with Crippen LogP contribution in [0.5, 0.6) is 0 Å². The number of nitrogen functional groups attached to an aromatic ring is 1. The van der Waals surface area contributed by atoms with Gasteiger partial charge in [-0.05, 0) is 68.6 Å². The Kier molecular flexibility index (Phi) is 3.78. The Morgan fingerprint density at radius 2 is 1.96 bits per heavy atom. The van der Waals surface area contributed by atoms with Crippen LogP contribution in [0, 0.1) is 23.2 Å². The third kappa shape index (κ3) is 2.95. The topological polar surface area (TPSA) is 96.7 Å². The molecular formula is C16H25N5OS. The Morgan fingerprint density at radius 3 is 2.48 bits per heavy atom. The number of nitrogens with one attached hydrogen (secondary N) is 2. The second-order valence-corrected chi connectivity index (χ2v) is 8.80. The van der Waals surface area contributed by atoms with E-state index < -0.39 is 0 Å². The molecule has 0 saturated heterocycles. The van der Waals surface area contributed by atoms with Gasteiger partial charge in [0.05, 0.1) is 5.75 Å². The normalized spacial score (nSPS) is 36.1. The molecule has 4 fully saturated rings. The van der Waals surface area contributed by atoms with Gasteiger partial charge in [0.15, 0.2) is 0 Å². The first-order valence-electron chi connectivity index (χ1n) is 8.62. The van der Waals surface area contributed by atoms with Crippen LogP contribution in [0.15, 0.2) is 5.16 Å². The van der Waals surface area contributed by atoms with Gasteiger partial charge in [0.1, 0.15) is 0 Å². The molecule has 126 valence electrons. The van der Waals surface area contributed by atoms with E-state index in [-0.39, 0.29) is 17.9 Å². The Bertz CT molecular complexity index is 566. The number of amides is 1. The molecule has 0 spiro atoms. The van der Waals surface area contributed by atoms with Crippen molar-refractivity contribution in [2.75, 3.05) is 11.5 Å². The summed E-state index contributed by atoms with van der Waals surface area (Å²) >= 11 is 1.32. The van der Waals surface area contributed by atoms with Crippen molar-refractivity contribution >= 4 is 23.6 Å². The van der Waals surface area contributed by atoms with Crippen molar-refractivity contribution in [1.82, 2.24) is 20.5 Å². The summed E-state index contributed by atoms with van der Waals surface area (Å²) in [6.45, 7) is 2.21. The van der Waals surface area contributed by atoms with Crippen molar-refractivity contribution < 1.29 is 4.79 Å². The maximum Gasteiger partial charge on any atom is 0.230 e. The third-order valence-electron chi connectivity index (χ3n) is 6.20. The zero-order valence-electron chi connectivity index (χ0n) is 13.5. The number of H-pyrrole nitrogens is 1. The summed E-state index contributed by atoms with van der Waals surface area (Å²) in [6, 6.07) is 0.265. The molecule has 1 heterocycles. The summed E-state index contributed by atoms with van der Waals surface area (Å²) in [5.74, 6) is 3.42. The SMILES string of the molecule is CC(NC(=O)CSc1n[nH]c(N)n1)C12CC3CC(CC(C3)C1)C2. The molecule has 23 heavy (non-hydrogen) atoms. The van der Waals surface area contributed by atoms with Gasteiger partial charge >= 0.3 is 0 Å². The summed E-state index contributed by atoms with van der Waals surface area (Å²) in [4.78, 5) is 16.3. The molecule has 4 bridgehead atoms. The Labute approximate surface area is 140 Å². The molecule has 0 radical (unpaired) electrons. The standard InChI is InChI=1S/C16H25N5OS/c1-9(18-13(22)8-23-15-19-14(17)20-21-15)16-5-10-2-11(6-16)4-12(3-10)7-16/h9-12H,2-8H2,1H3,(H,18,22)(H3,17,19,20,21). The van der Waals surface area contributed by atoms with Gasteiger partial charge in [-0.1, -0.05) is 11.8 Å². The first-order valence-corrected chi connectivity index (χ1v) is 9.61. The van der Waals surface area contributed by atoms with E-state index in [9.17, 15) is 4.79 Å². The third-order valence-corrected chi connectivity index (χ3v) is 7.04. The van der Waals surface area contributed by atoms with Gasteiger partial charge in [-0.15, -0.1) is 5.10 Å². The molecule has 0 aromatic carbocycles. The lowest BCUT2D eigenvalue weighted by atomic mass is 9.48. The number of nitrogens with two attached hydrogens (primary N) is 1. The van der Waals surface area contributed by atoms with Crippen LogP contribution in [0.25, 0.3) is 0 Å². The van der Waals surface area contributed by atoms with Gasteiger partial charge in [0, 0.05) is 6.04 Å². The molecule has 1 aromatic rings. The molecule has 4 saturated carbocycles. The van der Waals surface area contributed by atoms with Crippen LogP contribution in [-0.2, 0) is 4.79 Å². The van der Waals surface area contributed by atoms with Crippen LogP contribution in [0.1, 0.15) is 45.4 Å². The number of rotatable bonds is 5. The highest BCUT2D eigenvalue weighted by atomic mass is 32.2. The number of hydrogen-bond acceptors (Lipinski definition) is 5. The van der Waals surface area contributed by atoms with Crippen molar-refractivity contribution in [3.05, 3.63) is 0 Å². The van der Waals surface area contributed by atoms with E-state index in [0.29, 0.717) is 16.3 Å². The van der Waals surface area contributed by atoms with Crippen molar-refractivity contribution in [2.24, 2.45) is 23.2 Å². The van der Waals surface area contributed by atoms with E-state index in [1.54, 1.807) is 0 Å². The van der Waals surface area contributed by atoms with E-state index in [1.807, 2.05) is 0 Å². The molecular weight excluding hydrogens is 310 g/mol. The number of carbonyl (C=O) groups excluding carboxylic acids is 1. The smallest absolute Gasteiger partial charge is 0.230 e. The summed E-state index contributed by atoms with van der Waals surface area (Å²) in [7, 11) is 0. The number of aromatic nitrogens is 3. The lowest BCUT2D eigenvalue weighted by molar-refractivity contribution is -0.123. The van der Waals surface area contributed by atoms with Crippen molar-refractivity contribution in [1.29, 1.82) is 0 Å². The molecule has 4 N–H and O–H groups in total. The minimum absolute atomic E-state index is 0.0709. The first-order chi connectivity index (χ1) is 11.0. The molecule has 1 atom stereocenters. The van der Waals surface area contributed by atoms with Crippen LogP contribution in [0.3, 0.4) is 0 Å². The van der Waals surface area contributed by atoms with Crippen molar-refractivity contribution in [3.63, 3.8) is 0 Å². The summed E-state index contributed by atoms with van der Waals surface area (Å²) in [6.07, 6.45) is 8.23. The Morgan fingerprint density at radius 1 is 1.35 bits per heavy atom. The van der Waals surface area contributed by atoms with E-state index in [1.165, 1.54) is 50.3 Å². The van der Waals surface area contributed by atoms with Gasteiger partial charge in [-0.3, -0.25) is 4.79 Å². The fraction of sp³-hybridized carbons (Fsp3) is 0.812. The molecule has 7 heteroatoms. The second kappa shape index (κ2) is 5.69. The van der Waals surface area contributed by atoms with Crippen LogP contribution in [0.2, 0.25) is 0 Å². The fourth-order valence-electron chi connectivity index (χ4n) is 5.60. The van der Waals surface area contributed by atoms with E-state index in [4.69, 9.17) is 5.73 Å². The maximum atomic E-state index is 12.3. The van der Waals surface area contributed by atoms with Gasteiger partial charge < -0.3 is 11.1 Å². The van der Waals surface area contributed by atoms with Crippen molar-refractivity contribution in [2.45, 2.75) is 56.6 Å². The van der Waals surface area contributed by atoms with E-state index >= 15 is 0 Å². The summed E-state index contributed by atoms with van der Waals surface area (Å²) in [5.41, 5.74) is 5.84. The van der Waals surface area contributed by atoms with Gasteiger partial charge in [-0.25, -0.2) is 5.10 Å². The van der Waals surface area contributed by atoms with Crippen LogP contribution >= 0.6 is 11.8 Å². The van der Waals surface area contributed by atoms with Gasteiger partial charge in [0.2, 0.25) is 17.0 Å². The highest BCUT2D eigenvalue weighted by Crippen LogP contribution is 2.61. The predicted molar refractivity (Wildman–Crippen MR) is 89.7 cm³/mol. The van der Waals surface area contributed by atoms with Crippen LogP contribution in [0.4, 0.5) is 5.95 Å². The molecule has 5 rings (SSSR count). The quantitative estimate of drug-likeness (QED) is 0.717. The lowest BCUT2D eigenvalue weighted by Crippen LogP contribution is -2.56. The zero-order chi connectivity index (χ0) is 16.0. The van der Waals surface area contributed by atoms with Gasteiger partial charge in [0.25, 0.3) is 0 Å². The number of hydrogen-bond donors (Lipinski definition) is 3. The van der Waals surface area contributed by atoms with Crippen LogP contribution < -0.4 is 11.1 Å². The average molecular weight is 335 g/mol. The predicted octanol–water partition coefficient (Wildman–Crippen LogP) is 2.20. The fourth-order valence-corrected chi connectivity index (χ4v) is 6.21. The Balaban J connectivity index is 1.34. The summed E-state index contributed by atoms with van der Waals surface area (Å²) in [5, 5.41) is 10.3. The molecule has 4 aliphatic carbocycles. The number of carbonyl (C=O) groups is 1. The highest BCUT2D eigenvalue weighted by Gasteiger charge is 2.53. The highest BCUT2D eigenvalue weighted by molar-refractivity contribution is 7.99. The first kappa shape index (κ1) is 15.3. The average Bonchev–Trinajstić information content (AvgIpc) is 2.89.